The number of hydrogen-bond acceptors (Lipinski definition) is 10. The third-order valence-corrected chi connectivity index (χ3v) is 7.36. The number of aliphatic hydroxyl groups excluding tert-OH is 2. The second-order valence-electron chi connectivity index (χ2n) is 9.83. The van der Waals surface area contributed by atoms with Crippen LogP contribution in [-0.2, 0) is 27.4 Å². The fourth-order valence-corrected chi connectivity index (χ4v) is 5.79. The fourth-order valence-electron chi connectivity index (χ4n) is 5.79. The molecule has 0 aromatic heterocycles. The van der Waals surface area contributed by atoms with Gasteiger partial charge < -0.3 is 31.6 Å². The van der Waals surface area contributed by atoms with Crippen LogP contribution in [0, 0.1) is 17.2 Å². The number of aliphatic hydroxyl groups is 3. The summed E-state index contributed by atoms with van der Waals surface area (Å²) >= 11 is 0. The molecule has 11 nitrogen and oxygen atoms in total. The van der Waals surface area contributed by atoms with Crippen LogP contribution in [0.25, 0.3) is 5.76 Å². The highest BCUT2D eigenvalue weighted by Crippen LogP contribution is 2.52. The molecule has 206 valence electrons. The van der Waals surface area contributed by atoms with E-state index in [0.29, 0.717) is 11.1 Å². The molecule has 0 radical (unpaired) electrons. The molecule has 8 N–H and O–H groups in total. The summed E-state index contributed by atoms with van der Waals surface area (Å²) in [6, 6.07) is 1.55. The molecule has 1 aromatic rings. The summed E-state index contributed by atoms with van der Waals surface area (Å²) in [4.78, 5) is 31.8. The zero-order valence-corrected chi connectivity index (χ0v) is 20.4. The average molecular weight is 540 g/mol. The van der Waals surface area contributed by atoms with Crippen LogP contribution < -0.4 is 11.2 Å². The standard InChI is InChI=1S/C24H27F3N4O7/c1-31(2)17-12-6-10-5-11-9(7-30-38-8-23(25,26)27)3-4-13(32)15(11)18(33)14(10)21(35)24(12,37)20(28)16(19(17)34)22(29)36/h3-4,10,12,17,28,30,32-34,37H,5-8H2,1-2H3,(H2,29,36)/t10-,12-,17-,24+/m0/s1. The summed E-state index contributed by atoms with van der Waals surface area (Å²) < 4.78 is 37.2. The number of primary amides is 1. The van der Waals surface area contributed by atoms with E-state index in [9.17, 15) is 43.2 Å². The molecule has 4 atom stereocenters. The molecule has 1 aromatic carbocycles. The van der Waals surface area contributed by atoms with E-state index in [2.05, 4.69) is 10.3 Å². The number of carbonyl (C=O) groups is 2. The maximum atomic E-state index is 13.8. The van der Waals surface area contributed by atoms with Crippen molar-refractivity contribution in [3.05, 3.63) is 45.7 Å². The number of phenols is 1. The van der Waals surface area contributed by atoms with Crippen molar-refractivity contribution in [1.29, 1.82) is 5.41 Å². The summed E-state index contributed by atoms with van der Waals surface area (Å²) in [5.74, 6) is -5.78. The number of nitrogens with two attached hydrogens (primary N) is 1. The molecular weight excluding hydrogens is 513 g/mol. The Morgan fingerprint density at radius 1 is 1.29 bits per heavy atom. The van der Waals surface area contributed by atoms with Crippen molar-refractivity contribution in [2.75, 3.05) is 20.7 Å². The van der Waals surface area contributed by atoms with Gasteiger partial charge in [-0.05, 0) is 50.0 Å². The van der Waals surface area contributed by atoms with Crippen LogP contribution in [-0.4, -0.2) is 81.2 Å². The third kappa shape index (κ3) is 4.22. The molecule has 1 saturated carbocycles. The van der Waals surface area contributed by atoms with Crippen molar-refractivity contribution < 1.29 is 48.0 Å². The minimum Gasteiger partial charge on any atom is -0.510 e. The number of ketones is 1. The van der Waals surface area contributed by atoms with E-state index in [1.165, 1.54) is 17.0 Å². The van der Waals surface area contributed by atoms with Gasteiger partial charge in [0.15, 0.2) is 12.2 Å². The van der Waals surface area contributed by atoms with Crippen LogP contribution in [0.2, 0.25) is 0 Å². The number of hydrogen-bond donors (Lipinski definition) is 7. The molecule has 0 spiro atoms. The van der Waals surface area contributed by atoms with Crippen LogP contribution in [0.1, 0.15) is 23.1 Å². The van der Waals surface area contributed by atoms with E-state index in [0.717, 1.165) is 0 Å². The fraction of sp³-hybridized carbons (Fsp3) is 0.458. The molecule has 0 aliphatic heterocycles. The number of phenolic OH excluding ortho intramolecular Hbond substituents is 1. The number of amides is 1. The van der Waals surface area contributed by atoms with E-state index in [4.69, 9.17) is 11.1 Å². The van der Waals surface area contributed by atoms with Gasteiger partial charge in [-0.15, -0.1) is 0 Å². The highest BCUT2D eigenvalue weighted by molar-refractivity contribution is 6.33. The number of benzene rings is 1. The number of fused-ring (bicyclic) bond motifs is 3. The van der Waals surface area contributed by atoms with E-state index in [1.54, 1.807) is 14.1 Å². The van der Waals surface area contributed by atoms with Crippen molar-refractivity contribution in [3.63, 3.8) is 0 Å². The molecule has 1 amide bonds. The maximum absolute atomic E-state index is 13.8. The highest BCUT2D eigenvalue weighted by Gasteiger charge is 2.63. The van der Waals surface area contributed by atoms with Crippen molar-refractivity contribution >= 4 is 23.2 Å². The van der Waals surface area contributed by atoms with Crippen LogP contribution in [0.3, 0.4) is 0 Å². The lowest BCUT2D eigenvalue weighted by Crippen LogP contribution is -2.67. The second kappa shape index (κ2) is 9.38. The third-order valence-electron chi connectivity index (χ3n) is 7.36. The predicted molar refractivity (Wildman–Crippen MR) is 126 cm³/mol. The molecule has 0 heterocycles. The lowest BCUT2D eigenvalue weighted by atomic mass is 9.56. The molecule has 38 heavy (non-hydrogen) atoms. The summed E-state index contributed by atoms with van der Waals surface area (Å²) in [6.45, 7) is -1.76. The topological polar surface area (TPSA) is 189 Å². The average Bonchev–Trinajstić information content (AvgIpc) is 2.79. The first-order valence-corrected chi connectivity index (χ1v) is 11.6. The Morgan fingerprint density at radius 3 is 2.53 bits per heavy atom. The van der Waals surface area contributed by atoms with Gasteiger partial charge in [0.2, 0.25) is 5.78 Å². The molecule has 0 saturated heterocycles. The van der Waals surface area contributed by atoms with E-state index in [1.807, 2.05) is 0 Å². The number of carbonyl (C=O) groups excluding carboxylic acids is 2. The van der Waals surface area contributed by atoms with E-state index < -0.39 is 76.5 Å². The van der Waals surface area contributed by atoms with Crippen molar-refractivity contribution in [1.82, 2.24) is 10.4 Å². The Morgan fingerprint density at radius 2 is 1.95 bits per heavy atom. The minimum absolute atomic E-state index is 0.0322. The number of aromatic hydroxyl groups is 1. The Kier molecular flexibility index (Phi) is 6.80. The van der Waals surface area contributed by atoms with Gasteiger partial charge in [-0.2, -0.15) is 18.7 Å². The Balaban J connectivity index is 1.79. The van der Waals surface area contributed by atoms with Gasteiger partial charge in [-0.1, -0.05) is 6.07 Å². The van der Waals surface area contributed by atoms with Gasteiger partial charge in [0.05, 0.1) is 17.3 Å². The Bertz CT molecular complexity index is 1290. The maximum Gasteiger partial charge on any atom is 0.413 e. The summed E-state index contributed by atoms with van der Waals surface area (Å²) in [5, 5.41) is 52.6. The Hall–Kier alpha value is -3.46. The molecule has 0 bridgehead atoms. The Labute approximate surface area is 214 Å². The van der Waals surface area contributed by atoms with Crippen LogP contribution in [0.5, 0.6) is 5.75 Å². The zero-order chi connectivity index (χ0) is 28.3. The van der Waals surface area contributed by atoms with Crippen LogP contribution >= 0.6 is 0 Å². The minimum atomic E-state index is -4.55. The quantitative estimate of drug-likeness (QED) is 0.204. The van der Waals surface area contributed by atoms with Gasteiger partial charge in [0.25, 0.3) is 5.91 Å². The van der Waals surface area contributed by atoms with Gasteiger partial charge in [0, 0.05) is 18.0 Å². The summed E-state index contributed by atoms with van der Waals surface area (Å²) in [7, 11) is 3.09. The molecule has 14 heteroatoms. The van der Waals surface area contributed by atoms with E-state index >= 15 is 0 Å². The zero-order valence-electron chi connectivity index (χ0n) is 20.4. The SMILES string of the molecule is CN(C)[C@@H]1C(O)=C(C(N)=O)C(=N)[C@@]2(O)C(=O)C3=C(O)c4c(O)ccc(CNOCC(F)(F)F)c4C[C@H]3C[C@@H]12. The van der Waals surface area contributed by atoms with Crippen molar-refractivity contribution in [2.45, 2.75) is 37.2 Å². The van der Waals surface area contributed by atoms with Crippen molar-refractivity contribution in [3.8, 4) is 5.75 Å². The molecule has 3 aliphatic carbocycles. The first-order valence-electron chi connectivity index (χ1n) is 11.6. The first kappa shape index (κ1) is 27.6. The van der Waals surface area contributed by atoms with Crippen molar-refractivity contribution in [2.24, 2.45) is 17.6 Å². The van der Waals surface area contributed by atoms with Gasteiger partial charge >= 0.3 is 6.18 Å². The predicted octanol–water partition coefficient (Wildman–Crippen LogP) is 0.998. The lowest BCUT2D eigenvalue weighted by Gasteiger charge is -2.51. The van der Waals surface area contributed by atoms with Crippen LogP contribution in [0.4, 0.5) is 13.2 Å². The highest BCUT2D eigenvalue weighted by atomic mass is 19.4. The smallest absolute Gasteiger partial charge is 0.413 e. The number of Topliss-reactive ketones (excluding diaryl/α,β-unsaturated/α-hetero) is 1. The molecule has 3 aliphatic rings. The number of hydroxylamine groups is 1. The summed E-state index contributed by atoms with van der Waals surface area (Å²) in [5.41, 5.74) is 3.70. The number of halogens is 3. The number of rotatable bonds is 6. The first-order chi connectivity index (χ1) is 17.6. The number of likely N-dealkylation sites (N-methyl/N-ethyl adjacent to an activating group) is 1. The molecule has 1 fully saturated rings. The van der Waals surface area contributed by atoms with E-state index in [-0.39, 0.29) is 30.5 Å². The van der Waals surface area contributed by atoms with Crippen LogP contribution in [0.15, 0.2) is 29.0 Å². The lowest BCUT2D eigenvalue weighted by molar-refractivity contribution is -0.190. The summed E-state index contributed by atoms with van der Waals surface area (Å²) in [6.07, 6.45) is -4.55. The van der Waals surface area contributed by atoms with Gasteiger partial charge in [-0.25, -0.2) is 0 Å². The number of nitrogens with zero attached hydrogens (tertiary/aromatic N) is 1. The monoisotopic (exact) mass is 540 g/mol. The number of nitrogens with one attached hydrogen (secondary N) is 2. The normalized spacial score (nSPS) is 27.4. The largest absolute Gasteiger partial charge is 0.510 e. The molecule has 0 unspecified atom stereocenters. The molecule has 4 rings (SSSR count). The molecular formula is C24H27F3N4O7. The van der Waals surface area contributed by atoms with Gasteiger partial charge in [-0.3, -0.25) is 19.3 Å². The number of alkyl halides is 3. The van der Waals surface area contributed by atoms with Gasteiger partial charge in [0.1, 0.15) is 22.8 Å². The second-order valence-corrected chi connectivity index (χ2v) is 9.83.